The lowest BCUT2D eigenvalue weighted by Crippen LogP contribution is -2.07. The van der Waals surface area contributed by atoms with Gasteiger partial charge in [-0.25, -0.2) is 9.97 Å². The van der Waals surface area contributed by atoms with Crippen molar-refractivity contribution in [2.75, 3.05) is 48.8 Å². The maximum absolute atomic E-state index is 5.72. The number of nitrogens with zero attached hydrogens (tertiary/aromatic N) is 4. The lowest BCUT2D eigenvalue weighted by molar-refractivity contribution is 0.188. The van der Waals surface area contributed by atoms with Crippen molar-refractivity contribution in [3.8, 4) is 40.0 Å². The monoisotopic (exact) mass is 1040 g/mol. The largest absolute Gasteiger partial charge is 0.496 e. The Hall–Kier alpha value is -2.69. The van der Waals surface area contributed by atoms with Crippen LogP contribution in [-0.2, 0) is 22.6 Å². The normalized spacial score (nSPS) is 11.5. The molecule has 6 aromatic rings. The highest BCUT2D eigenvalue weighted by Crippen LogP contribution is 2.42. The number of aromatic nitrogens is 4. The predicted molar refractivity (Wildman–Crippen MR) is 238 cm³/mol. The van der Waals surface area contributed by atoms with Crippen LogP contribution in [0.1, 0.15) is 50.7 Å². The molecule has 0 N–H and O–H groups in total. The van der Waals surface area contributed by atoms with Crippen LogP contribution < -0.4 is 14.2 Å². The van der Waals surface area contributed by atoms with Crippen LogP contribution in [0.4, 0.5) is 0 Å². The van der Waals surface area contributed by atoms with E-state index in [4.69, 9.17) is 33.7 Å². The summed E-state index contributed by atoms with van der Waals surface area (Å²) in [5.74, 6) is 5.03. The number of benzene rings is 4. The molecule has 2 aromatic heterocycles. The summed E-state index contributed by atoms with van der Waals surface area (Å²) in [5.41, 5.74) is 8.26. The molecule has 6 rings (SSSR count). The molecule has 0 aliphatic carbocycles. The molecule has 0 bridgehead atoms. The van der Waals surface area contributed by atoms with Crippen LogP contribution >= 0.6 is 70.4 Å². The van der Waals surface area contributed by atoms with Crippen molar-refractivity contribution in [2.24, 2.45) is 0 Å². The Morgan fingerprint density at radius 1 is 0.611 bits per heavy atom. The van der Waals surface area contributed by atoms with Crippen molar-refractivity contribution >= 4 is 92.4 Å². The molecule has 4 aromatic carbocycles. The van der Waals surface area contributed by atoms with E-state index in [2.05, 4.69) is 150 Å². The molecular weight excluding hydrogens is 995 g/mol. The van der Waals surface area contributed by atoms with Crippen molar-refractivity contribution in [1.29, 1.82) is 0 Å². The molecule has 0 unspecified atom stereocenters. The Balaban J connectivity index is 0.000000208. The highest BCUT2D eigenvalue weighted by molar-refractivity contribution is 14.1. The second-order valence-electron chi connectivity index (χ2n) is 13.2. The lowest BCUT2D eigenvalue weighted by atomic mass is 10.0. The van der Waals surface area contributed by atoms with E-state index in [0.717, 1.165) is 79.1 Å². The third kappa shape index (κ3) is 8.81. The molecule has 2 heterocycles. The second-order valence-corrected chi connectivity index (χ2v) is 16.8. The average Bonchev–Trinajstić information content (AvgIpc) is 3.75. The van der Waals surface area contributed by atoms with Gasteiger partial charge in [0.25, 0.3) is 0 Å². The Morgan fingerprint density at radius 2 is 1.11 bits per heavy atom. The first kappa shape index (κ1) is 42.5. The van der Waals surface area contributed by atoms with E-state index >= 15 is 0 Å². The van der Waals surface area contributed by atoms with Crippen LogP contribution in [0.15, 0.2) is 68.0 Å². The van der Waals surface area contributed by atoms with Gasteiger partial charge in [0.1, 0.15) is 51.0 Å². The predicted octanol–water partition coefficient (Wildman–Crippen LogP) is 11.9. The van der Waals surface area contributed by atoms with Gasteiger partial charge in [-0.3, -0.25) is 0 Å². The van der Waals surface area contributed by atoms with Crippen LogP contribution in [0, 0.1) is 3.57 Å². The molecule has 0 amide bonds. The zero-order chi connectivity index (χ0) is 39.3. The zero-order valence-electron chi connectivity index (χ0n) is 32.0. The number of hydrogen-bond acceptors (Lipinski definition) is 7. The van der Waals surface area contributed by atoms with E-state index in [9.17, 15) is 0 Å². The minimum absolute atomic E-state index is 0.417. The number of halogens is 4. The van der Waals surface area contributed by atoms with Crippen molar-refractivity contribution in [1.82, 2.24) is 19.1 Å². The number of fused-ring (bicyclic) bond motifs is 2. The van der Waals surface area contributed by atoms with E-state index in [1.54, 1.807) is 35.5 Å². The SMILES string of the molecule is COCCn1c(-c2ccc(C(C)C)cc2)nc2c(I)c(Br)cc(OC)c21.COCCn1c(-c2ccc(C(C)C)cc2OC)nc2c(Br)c(Br)cc(OC)c21. The molecule has 0 saturated heterocycles. The molecule has 9 nitrogen and oxygen atoms in total. The summed E-state index contributed by atoms with van der Waals surface area (Å²) in [6.07, 6.45) is 0. The van der Waals surface area contributed by atoms with Crippen molar-refractivity contribution in [2.45, 2.75) is 52.6 Å². The molecule has 0 aliphatic heterocycles. The number of imidazole rings is 2. The maximum atomic E-state index is 5.72. The molecule has 0 fully saturated rings. The molecule has 0 saturated carbocycles. The lowest BCUT2D eigenvalue weighted by Gasteiger charge is -2.15. The quantitative estimate of drug-likeness (QED) is 0.107. The fraction of sp³-hybridized carbons (Fsp3) is 0.366. The first-order chi connectivity index (χ1) is 25.9. The van der Waals surface area contributed by atoms with Gasteiger partial charge in [-0.1, -0.05) is 58.0 Å². The Morgan fingerprint density at radius 3 is 1.65 bits per heavy atom. The maximum Gasteiger partial charge on any atom is 0.146 e. The summed E-state index contributed by atoms with van der Waals surface area (Å²) < 4.78 is 35.9. The molecule has 0 atom stereocenters. The number of rotatable bonds is 13. The van der Waals surface area contributed by atoms with Crippen molar-refractivity contribution in [3.05, 3.63) is 82.7 Å². The highest BCUT2D eigenvalue weighted by Gasteiger charge is 2.23. The summed E-state index contributed by atoms with van der Waals surface area (Å²) in [4.78, 5) is 9.93. The fourth-order valence-corrected chi connectivity index (χ4v) is 7.95. The van der Waals surface area contributed by atoms with E-state index in [1.165, 1.54) is 11.1 Å². The fourth-order valence-electron chi connectivity index (χ4n) is 6.24. The minimum Gasteiger partial charge on any atom is -0.496 e. The smallest absolute Gasteiger partial charge is 0.146 e. The van der Waals surface area contributed by atoms with Gasteiger partial charge in [-0.2, -0.15) is 0 Å². The van der Waals surface area contributed by atoms with Crippen LogP contribution in [0.2, 0.25) is 0 Å². The van der Waals surface area contributed by atoms with Crippen LogP contribution in [0.25, 0.3) is 44.8 Å². The molecule has 0 spiro atoms. The summed E-state index contributed by atoms with van der Waals surface area (Å²) in [6.45, 7) is 11.3. The van der Waals surface area contributed by atoms with Gasteiger partial charge < -0.3 is 32.8 Å². The van der Waals surface area contributed by atoms with Crippen LogP contribution in [0.3, 0.4) is 0 Å². The molecule has 54 heavy (non-hydrogen) atoms. The van der Waals surface area contributed by atoms with Crippen molar-refractivity contribution < 1.29 is 23.7 Å². The number of ether oxygens (including phenoxy) is 5. The summed E-state index contributed by atoms with van der Waals surface area (Å²) in [7, 11) is 8.46. The standard InChI is InChI=1S/C21H24Br2N2O3.C20H22BrIN2O2/c1-12(2)13-6-7-14(16(10-13)27-4)21-24-19-18(23)15(22)11-17(28-5)20(19)25(21)8-9-26-3;1-12(2)13-5-7-14(8-6-13)20-23-18-17(22)15(21)11-16(26-4)19(18)24(20)9-10-25-3/h6-7,10-12H,8-9H2,1-5H3;5-8,11-12H,9-10H2,1-4H3. The molecule has 13 heteroatoms. The summed E-state index contributed by atoms with van der Waals surface area (Å²) in [5, 5.41) is 0. The minimum atomic E-state index is 0.417. The second kappa shape index (κ2) is 19.0. The molecular formula is C41H46Br3IN4O5. The van der Waals surface area contributed by atoms with E-state index < -0.39 is 0 Å². The van der Waals surface area contributed by atoms with Gasteiger partial charge >= 0.3 is 0 Å². The van der Waals surface area contributed by atoms with Gasteiger partial charge in [0.2, 0.25) is 0 Å². The third-order valence-corrected chi connectivity index (χ3v) is 13.6. The van der Waals surface area contributed by atoms with E-state index in [0.29, 0.717) is 38.1 Å². The Bertz CT molecular complexity index is 2240. The van der Waals surface area contributed by atoms with Gasteiger partial charge in [0, 0.05) is 41.8 Å². The summed E-state index contributed by atoms with van der Waals surface area (Å²) >= 11 is 13.2. The molecule has 0 aliphatic rings. The molecule has 288 valence electrons. The van der Waals surface area contributed by atoms with Crippen LogP contribution in [-0.4, -0.2) is 67.9 Å². The third-order valence-electron chi connectivity index (χ3n) is 9.20. The first-order valence-electron chi connectivity index (χ1n) is 17.5. The van der Waals surface area contributed by atoms with Gasteiger partial charge in [-0.15, -0.1) is 0 Å². The van der Waals surface area contributed by atoms with Gasteiger partial charge in [0.15, 0.2) is 0 Å². The Kier molecular flexibility index (Phi) is 14.9. The highest BCUT2D eigenvalue weighted by atomic mass is 127. The average molecular weight is 1040 g/mol. The van der Waals surface area contributed by atoms with Gasteiger partial charge in [-0.05, 0) is 118 Å². The van der Waals surface area contributed by atoms with Crippen LogP contribution in [0.5, 0.6) is 17.2 Å². The first-order valence-corrected chi connectivity index (χ1v) is 21.0. The zero-order valence-corrected chi connectivity index (χ0v) is 38.9. The number of hydrogen-bond donors (Lipinski definition) is 0. The molecule has 0 radical (unpaired) electrons. The van der Waals surface area contributed by atoms with E-state index in [1.807, 2.05) is 12.1 Å². The Labute approximate surface area is 356 Å². The summed E-state index contributed by atoms with van der Waals surface area (Å²) in [6, 6.07) is 18.9. The topological polar surface area (TPSA) is 81.8 Å². The van der Waals surface area contributed by atoms with E-state index in [-0.39, 0.29) is 0 Å². The van der Waals surface area contributed by atoms with Gasteiger partial charge in [0.05, 0.1) is 48.1 Å². The van der Waals surface area contributed by atoms with Crippen molar-refractivity contribution in [3.63, 3.8) is 0 Å². The number of methoxy groups -OCH3 is 5.